The molecule has 0 spiro atoms. The molecule has 70 heavy (non-hydrogen) atoms. The van der Waals surface area contributed by atoms with Crippen LogP contribution in [0.25, 0.3) is 94.2 Å². The Balaban J connectivity index is 1.19. The van der Waals surface area contributed by atoms with Crippen LogP contribution in [-0.2, 0) is 21.7 Å². The van der Waals surface area contributed by atoms with Crippen molar-refractivity contribution in [2.75, 3.05) is 4.81 Å². The van der Waals surface area contributed by atoms with Gasteiger partial charge in [0.1, 0.15) is 16.7 Å². The number of oxazole rings is 1. The minimum Gasteiger partial charge on any atom is -0.455 e. The number of rotatable bonds is 2. The van der Waals surface area contributed by atoms with Crippen LogP contribution in [-0.4, -0.2) is 16.4 Å². The van der Waals surface area contributed by atoms with Crippen LogP contribution >= 0.6 is 0 Å². The second-order valence-corrected chi connectivity index (χ2v) is 24.0. The van der Waals surface area contributed by atoms with E-state index in [1.54, 1.807) is 0 Å². The predicted molar refractivity (Wildman–Crippen MR) is 294 cm³/mol. The molecular weight excluding hydrogens is 854 g/mol. The molecule has 0 radical (unpaired) electrons. The molecule has 0 atom stereocenters. The van der Waals surface area contributed by atoms with Gasteiger partial charge in [-0.25, -0.2) is 4.98 Å². The average molecular weight is 910 g/mol. The Morgan fingerprint density at radius 2 is 1.21 bits per heavy atom. The van der Waals surface area contributed by atoms with Crippen molar-refractivity contribution in [3.05, 3.63) is 167 Å². The molecule has 0 bridgehead atoms. The maximum atomic E-state index is 7.29. The van der Waals surface area contributed by atoms with Crippen LogP contribution in [0.3, 0.4) is 0 Å². The monoisotopic (exact) mass is 909 g/mol. The van der Waals surface area contributed by atoms with Gasteiger partial charge in [0.2, 0.25) is 5.89 Å². The lowest BCUT2D eigenvalue weighted by atomic mass is 9.43. The van der Waals surface area contributed by atoms with E-state index in [0.29, 0.717) is 5.89 Å². The minimum atomic E-state index is -0.243. The second-order valence-electron chi connectivity index (χ2n) is 24.0. The van der Waals surface area contributed by atoms with Crippen LogP contribution in [0.1, 0.15) is 104 Å². The summed E-state index contributed by atoms with van der Waals surface area (Å²) >= 11 is 0. The first-order valence-electron chi connectivity index (χ1n) is 25.1. The lowest BCUT2D eigenvalue weighted by Crippen LogP contribution is -2.60. The number of fused-ring (bicyclic) bond motifs is 17. The molecule has 0 fully saturated rings. The Morgan fingerprint density at radius 1 is 0.543 bits per heavy atom. The number of nitrogens with zero attached hydrogens (tertiary/aromatic N) is 3. The van der Waals surface area contributed by atoms with Crippen LogP contribution in [0.4, 0.5) is 11.4 Å². The van der Waals surface area contributed by atoms with Gasteiger partial charge in [0, 0.05) is 55.8 Å². The molecule has 11 aromatic rings. The van der Waals surface area contributed by atoms with Crippen LogP contribution in [0.2, 0.25) is 0 Å². The quantitative estimate of drug-likeness (QED) is 0.162. The maximum Gasteiger partial charge on any atom is 0.333 e. The molecule has 2 aliphatic heterocycles. The average Bonchev–Trinajstić information content (AvgIpc) is 4.08. The molecule has 1 aliphatic carbocycles. The maximum absolute atomic E-state index is 7.29. The molecule has 5 heterocycles. The van der Waals surface area contributed by atoms with E-state index in [9.17, 15) is 0 Å². The number of aromatic nitrogens is 2. The Labute approximate surface area is 409 Å². The van der Waals surface area contributed by atoms with Crippen molar-refractivity contribution in [1.29, 1.82) is 0 Å². The number of para-hydroxylation sites is 1. The first kappa shape index (κ1) is 41.6. The zero-order chi connectivity index (χ0) is 48.1. The van der Waals surface area contributed by atoms with E-state index < -0.39 is 0 Å². The Kier molecular flexibility index (Phi) is 8.04. The fourth-order valence-corrected chi connectivity index (χ4v) is 12.5. The number of hydrogen-bond donors (Lipinski definition) is 0. The third-order valence-corrected chi connectivity index (χ3v) is 16.3. The SMILES string of the molecule is CC(C)(C)c1ccc(N2B3c4cc5nc(-c6ccccc6)oc5cc4-n4c5ccc(C(C)(C)C)cc5c5c6oc7ccccc7c6c(c3c54)-c3cc4c(cc32)C(C)(C)c2cc(C(C)(C)C)ccc2-4)cc1. The van der Waals surface area contributed by atoms with E-state index in [0.717, 1.165) is 55.5 Å². The van der Waals surface area contributed by atoms with Gasteiger partial charge in [0.05, 0.1) is 16.4 Å². The minimum absolute atomic E-state index is 0.00707. The summed E-state index contributed by atoms with van der Waals surface area (Å²) in [4.78, 5) is 7.93. The van der Waals surface area contributed by atoms with Crippen molar-refractivity contribution in [2.45, 2.75) is 97.8 Å². The summed E-state index contributed by atoms with van der Waals surface area (Å²) in [5.74, 6) is 0.619. The molecule has 3 aliphatic rings. The van der Waals surface area contributed by atoms with Gasteiger partial charge in [-0.3, -0.25) is 0 Å². The molecule has 0 N–H and O–H groups in total. The molecule has 5 nitrogen and oxygen atoms in total. The molecule has 0 saturated carbocycles. The first-order chi connectivity index (χ1) is 33.4. The molecule has 8 aromatic carbocycles. The van der Waals surface area contributed by atoms with E-state index in [4.69, 9.17) is 13.8 Å². The Hall–Kier alpha value is -7.31. The second kappa shape index (κ2) is 13.5. The third-order valence-electron chi connectivity index (χ3n) is 16.3. The molecule has 0 unspecified atom stereocenters. The highest BCUT2D eigenvalue weighted by Gasteiger charge is 2.48. The number of furan rings is 1. The zero-order valence-electron chi connectivity index (χ0n) is 42.0. The summed E-state index contributed by atoms with van der Waals surface area (Å²) in [6, 6.07) is 52.4. The van der Waals surface area contributed by atoms with Gasteiger partial charge in [-0.2, -0.15) is 0 Å². The molecule has 0 amide bonds. The van der Waals surface area contributed by atoms with Crippen molar-refractivity contribution < 1.29 is 8.83 Å². The van der Waals surface area contributed by atoms with E-state index in [-0.39, 0.29) is 28.5 Å². The van der Waals surface area contributed by atoms with Crippen LogP contribution < -0.4 is 15.7 Å². The molecular formula is C64H56BN3O2. The molecule has 14 rings (SSSR count). The van der Waals surface area contributed by atoms with Crippen molar-refractivity contribution >= 4 is 84.0 Å². The molecule has 3 aromatic heterocycles. The number of hydrogen-bond acceptors (Lipinski definition) is 4. The fourth-order valence-electron chi connectivity index (χ4n) is 12.5. The standard InChI is InChI=1S/C64H56BN3O2/c1-61(2,3)36-21-25-39(26-22-36)68-50-32-46-42(40-27-23-38(63(7,8)9)30-45(40)64(46,10)11)31-44(50)54-55-41-19-15-16-20-52(41)69-59(55)56-43-29-37(62(4,5)6)24-28-49(43)67-51-34-53-48(33-47(51)65(68)57(54)58(56)67)66-60(70-53)35-17-13-12-14-18-35/h12-34H,1-11H3. The van der Waals surface area contributed by atoms with Gasteiger partial charge in [-0.05, 0) is 132 Å². The predicted octanol–water partition coefficient (Wildman–Crippen LogP) is 15.9. The van der Waals surface area contributed by atoms with Crippen molar-refractivity contribution in [2.24, 2.45) is 0 Å². The highest BCUT2D eigenvalue weighted by molar-refractivity contribution is 6.94. The zero-order valence-corrected chi connectivity index (χ0v) is 42.0. The lowest BCUT2D eigenvalue weighted by molar-refractivity contribution is 0.584. The highest BCUT2D eigenvalue weighted by atomic mass is 16.3. The van der Waals surface area contributed by atoms with Crippen LogP contribution in [0.15, 0.2) is 148 Å². The van der Waals surface area contributed by atoms with Gasteiger partial charge in [0.25, 0.3) is 0 Å². The molecule has 342 valence electrons. The van der Waals surface area contributed by atoms with Gasteiger partial charge >= 0.3 is 6.85 Å². The molecule has 0 saturated heterocycles. The van der Waals surface area contributed by atoms with Gasteiger partial charge in [0.15, 0.2) is 5.58 Å². The summed E-state index contributed by atoms with van der Waals surface area (Å²) in [6.07, 6.45) is 0. The van der Waals surface area contributed by atoms with Crippen molar-refractivity contribution in [3.63, 3.8) is 0 Å². The van der Waals surface area contributed by atoms with Crippen LogP contribution in [0, 0.1) is 0 Å². The largest absolute Gasteiger partial charge is 0.455 e. The van der Waals surface area contributed by atoms with E-state index >= 15 is 0 Å². The first-order valence-corrected chi connectivity index (χ1v) is 25.1. The van der Waals surface area contributed by atoms with E-state index in [1.807, 2.05) is 18.2 Å². The van der Waals surface area contributed by atoms with Gasteiger partial charge in [-0.1, -0.05) is 149 Å². The third kappa shape index (κ3) is 5.53. The van der Waals surface area contributed by atoms with Gasteiger partial charge < -0.3 is 18.2 Å². The smallest absolute Gasteiger partial charge is 0.333 e. The normalized spacial score (nSPS) is 14.8. The van der Waals surface area contributed by atoms with Crippen molar-refractivity contribution in [3.8, 4) is 39.4 Å². The van der Waals surface area contributed by atoms with E-state index in [1.165, 1.54) is 83.0 Å². The Bertz CT molecular complexity index is 4090. The summed E-state index contributed by atoms with van der Waals surface area (Å²) in [5, 5.41) is 4.64. The number of benzene rings is 8. The lowest BCUT2D eigenvalue weighted by Gasteiger charge is -2.43. The molecule has 6 heteroatoms. The van der Waals surface area contributed by atoms with Crippen LogP contribution in [0.5, 0.6) is 0 Å². The topological polar surface area (TPSA) is 47.3 Å². The fraction of sp³-hybridized carbons (Fsp3) is 0.234. The summed E-state index contributed by atoms with van der Waals surface area (Å²) in [6.45, 7) is 25.4. The summed E-state index contributed by atoms with van der Waals surface area (Å²) in [5.41, 5.74) is 24.1. The highest BCUT2D eigenvalue weighted by Crippen LogP contribution is 2.57. The Morgan fingerprint density at radius 3 is 1.96 bits per heavy atom. The van der Waals surface area contributed by atoms with Crippen molar-refractivity contribution in [1.82, 2.24) is 9.55 Å². The van der Waals surface area contributed by atoms with Gasteiger partial charge in [-0.15, -0.1) is 0 Å². The summed E-state index contributed by atoms with van der Waals surface area (Å²) in [7, 11) is 0. The summed E-state index contributed by atoms with van der Waals surface area (Å²) < 4.78 is 16.6. The van der Waals surface area contributed by atoms with E-state index in [2.05, 4.69) is 207 Å². The number of anilines is 2.